The lowest BCUT2D eigenvalue weighted by atomic mass is 9.89. The molecule has 0 amide bonds. The molecule has 0 radical (unpaired) electrons. The highest BCUT2D eigenvalue weighted by atomic mass is 16.7. The van der Waals surface area contributed by atoms with E-state index in [0.717, 1.165) is 32.1 Å². The summed E-state index contributed by atoms with van der Waals surface area (Å²) in [5, 5.41) is 10.9. The fraction of sp³-hybridized carbons (Fsp3) is 0.586. The topological polar surface area (TPSA) is 47.9 Å². The molecule has 4 nitrogen and oxygen atoms in total. The summed E-state index contributed by atoms with van der Waals surface area (Å²) in [6.45, 7) is 11.9. The van der Waals surface area contributed by atoms with Gasteiger partial charge in [0.15, 0.2) is 0 Å². The largest absolute Gasteiger partial charge is 0.390 e. The molecule has 0 bridgehead atoms. The number of aliphatic hydroxyl groups excluding tert-OH is 1. The Kier molecular flexibility index (Phi) is 14.9. The number of hydrogen-bond donors (Lipinski definition) is 1. The predicted octanol–water partition coefficient (Wildman–Crippen LogP) is 7.14. The van der Waals surface area contributed by atoms with Crippen LogP contribution in [0.5, 0.6) is 0 Å². The van der Waals surface area contributed by atoms with Crippen LogP contribution in [-0.4, -0.2) is 37.3 Å². The number of rotatable bonds is 17. The maximum Gasteiger partial charge on any atom is 0.147 e. The van der Waals surface area contributed by atoms with Crippen molar-refractivity contribution in [1.82, 2.24) is 0 Å². The van der Waals surface area contributed by atoms with Crippen LogP contribution in [0.1, 0.15) is 78.7 Å². The Labute approximate surface area is 202 Å². The van der Waals surface area contributed by atoms with Crippen molar-refractivity contribution < 1.29 is 19.3 Å². The molecule has 0 unspecified atom stereocenters. The van der Waals surface area contributed by atoms with Gasteiger partial charge >= 0.3 is 0 Å². The van der Waals surface area contributed by atoms with E-state index in [1.165, 1.54) is 22.3 Å². The third kappa shape index (κ3) is 13.5. The first-order valence-corrected chi connectivity index (χ1v) is 12.1. The van der Waals surface area contributed by atoms with Gasteiger partial charge < -0.3 is 19.3 Å². The zero-order chi connectivity index (χ0) is 24.5. The molecular weight excluding hydrogens is 412 g/mol. The monoisotopic (exact) mass is 458 g/mol. The van der Waals surface area contributed by atoms with Gasteiger partial charge in [0.05, 0.1) is 24.9 Å². The second-order valence-corrected chi connectivity index (χ2v) is 9.39. The van der Waals surface area contributed by atoms with Gasteiger partial charge in [-0.05, 0) is 78.7 Å². The second kappa shape index (κ2) is 16.8. The van der Waals surface area contributed by atoms with Crippen LogP contribution in [0.25, 0.3) is 0 Å². The molecule has 1 N–H and O–H groups in total. The van der Waals surface area contributed by atoms with Crippen LogP contribution in [0, 0.1) is 0 Å². The lowest BCUT2D eigenvalue weighted by Crippen LogP contribution is -2.42. The number of methoxy groups -OCH3 is 1. The summed E-state index contributed by atoms with van der Waals surface area (Å²) in [4.78, 5) is 0. The van der Waals surface area contributed by atoms with Crippen molar-refractivity contribution in [3.8, 4) is 0 Å². The van der Waals surface area contributed by atoms with Crippen molar-refractivity contribution in [3.05, 3.63) is 70.8 Å². The van der Waals surface area contributed by atoms with E-state index in [1.807, 2.05) is 25.1 Å². The maximum atomic E-state index is 10.9. The van der Waals surface area contributed by atoms with Crippen LogP contribution in [0.3, 0.4) is 0 Å². The normalized spacial score (nSPS) is 15.2. The summed E-state index contributed by atoms with van der Waals surface area (Å²) >= 11 is 0. The minimum atomic E-state index is -0.609. The first-order valence-electron chi connectivity index (χ1n) is 12.1. The number of benzene rings is 1. The van der Waals surface area contributed by atoms with Crippen molar-refractivity contribution in [2.24, 2.45) is 0 Å². The van der Waals surface area contributed by atoms with Gasteiger partial charge in [-0.2, -0.15) is 0 Å². The first kappa shape index (κ1) is 29.3. The van der Waals surface area contributed by atoms with Gasteiger partial charge in [-0.15, -0.1) is 0 Å². The fourth-order valence-corrected chi connectivity index (χ4v) is 3.57. The number of unbranched alkanes of at least 4 members (excludes halogenated alkanes) is 1. The zero-order valence-corrected chi connectivity index (χ0v) is 21.7. The molecule has 0 aromatic heterocycles. The molecule has 0 saturated carbocycles. The van der Waals surface area contributed by atoms with Gasteiger partial charge in [-0.1, -0.05) is 65.3 Å². The summed E-state index contributed by atoms with van der Waals surface area (Å²) in [5.41, 5.74) is 4.44. The zero-order valence-electron chi connectivity index (χ0n) is 21.7. The van der Waals surface area contributed by atoms with E-state index in [-0.39, 0.29) is 6.79 Å². The number of ether oxygens (including phenoxy) is 3. The van der Waals surface area contributed by atoms with Crippen LogP contribution in [0.4, 0.5) is 0 Å². The number of aliphatic hydroxyl groups is 1. The Hall–Kier alpha value is -1.72. The Morgan fingerprint density at radius 1 is 0.970 bits per heavy atom. The van der Waals surface area contributed by atoms with Crippen molar-refractivity contribution in [2.45, 2.75) is 91.5 Å². The van der Waals surface area contributed by atoms with Gasteiger partial charge in [-0.3, -0.25) is 0 Å². The third-order valence-electron chi connectivity index (χ3n) is 5.81. The summed E-state index contributed by atoms with van der Waals surface area (Å²) in [7, 11) is 1.61. The molecule has 0 spiro atoms. The molecular formula is C29H46O4. The molecule has 0 aliphatic rings. The van der Waals surface area contributed by atoms with Crippen molar-refractivity contribution in [2.75, 3.05) is 20.5 Å². The lowest BCUT2D eigenvalue weighted by Gasteiger charge is -2.34. The van der Waals surface area contributed by atoms with Gasteiger partial charge in [0.25, 0.3) is 0 Å². The Morgan fingerprint density at radius 3 is 2.27 bits per heavy atom. The molecule has 0 heterocycles. The predicted molar refractivity (Wildman–Crippen MR) is 138 cm³/mol. The average Bonchev–Trinajstić information content (AvgIpc) is 2.79. The van der Waals surface area contributed by atoms with E-state index in [9.17, 15) is 5.11 Å². The summed E-state index contributed by atoms with van der Waals surface area (Å²) < 4.78 is 16.8. The molecule has 1 aromatic rings. The van der Waals surface area contributed by atoms with Crippen LogP contribution >= 0.6 is 0 Å². The van der Waals surface area contributed by atoms with Gasteiger partial charge in [-0.25, -0.2) is 0 Å². The summed E-state index contributed by atoms with van der Waals surface area (Å²) in [5.74, 6) is 0. The third-order valence-corrected chi connectivity index (χ3v) is 5.81. The summed E-state index contributed by atoms with van der Waals surface area (Å²) in [6, 6.07) is 10.3. The molecule has 1 aromatic carbocycles. The van der Waals surface area contributed by atoms with E-state index in [1.54, 1.807) is 7.11 Å². The molecule has 186 valence electrons. The van der Waals surface area contributed by atoms with Crippen LogP contribution in [0.15, 0.2) is 65.3 Å². The Morgan fingerprint density at radius 2 is 1.64 bits per heavy atom. The Bertz CT molecular complexity index is 731. The molecule has 4 heteroatoms. The summed E-state index contributed by atoms with van der Waals surface area (Å²) in [6.07, 6.45) is 11.4. The number of hydrogen-bond acceptors (Lipinski definition) is 4. The molecule has 0 saturated heterocycles. The highest BCUT2D eigenvalue weighted by molar-refractivity contribution is 5.13. The minimum absolute atomic E-state index is 0.192. The van der Waals surface area contributed by atoms with Gasteiger partial charge in [0.1, 0.15) is 6.79 Å². The van der Waals surface area contributed by atoms with Crippen LogP contribution in [-0.2, 0) is 20.8 Å². The second-order valence-electron chi connectivity index (χ2n) is 9.39. The van der Waals surface area contributed by atoms with Crippen molar-refractivity contribution >= 4 is 0 Å². The fourth-order valence-electron chi connectivity index (χ4n) is 3.57. The quantitative estimate of drug-likeness (QED) is 0.153. The van der Waals surface area contributed by atoms with Gasteiger partial charge in [0, 0.05) is 7.11 Å². The molecule has 33 heavy (non-hydrogen) atoms. The SMILES string of the molecule is COCO[C@](C)(CCC=C(C)C)[C@@H](O)CC/C(C)=C/CC/C=C(\C)COCc1ccccc1. The number of allylic oxidation sites excluding steroid dienone is 5. The standard InChI is InChI=1S/C29H46O4/c1-24(2)13-12-20-29(5,33-23-31-6)28(30)19-18-25(3)14-10-11-15-26(4)21-32-22-27-16-8-7-9-17-27/h7-9,13-17,28,30H,10-12,18-23H2,1-6H3/b25-14+,26-15+/t28-,29+/m0/s1. The highest BCUT2D eigenvalue weighted by Crippen LogP contribution is 2.27. The van der Waals surface area contributed by atoms with E-state index >= 15 is 0 Å². The molecule has 2 atom stereocenters. The highest BCUT2D eigenvalue weighted by Gasteiger charge is 2.33. The van der Waals surface area contributed by atoms with E-state index in [2.05, 4.69) is 58.1 Å². The molecule has 0 aliphatic heterocycles. The van der Waals surface area contributed by atoms with Gasteiger partial charge in [0.2, 0.25) is 0 Å². The smallest absolute Gasteiger partial charge is 0.147 e. The molecule has 0 aliphatic carbocycles. The van der Waals surface area contributed by atoms with Crippen molar-refractivity contribution in [1.29, 1.82) is 0 Å². The molecule has 1 rings (SSSR count). The van der Waals surface area contributed by atoms with Crippen LogP contribution < -0.4 is 0 Å². The minimum Gasteiger partial charge on any atom is -0.390 e. The lowest BCUT2D eigenvalue weighted by molar-refractivity contribution is -0.172. The van der Waals surface area contributed by atoms with Crippen LogP contribution in [0.2, 0.25) is 0 Å². The van der Waals surface area contributed by atoms with E-state index < -0.39 is 11.7 Å². The average molecular weight is 459 g/mol. The van der Waals surface area contributed by atoms with E-state index in [0.29, 0.717) is 19.6 Å². The maximum absolute atomic E-state index is 10.9. The van der Waals surface area contributed by atoms with E-state index in [4.69, 9.17) is 14.2 Å². The first-order chi connectivity index (χ1) is 15.8. The molecule has 0 fully saturated rings. The van der Waals surface area contributed by atoms with Crippen molar-refractivity contribution in [3.63, 3.8) is 0 Å². The Balaban J connectivity index is 2.38.